The van der Waals surface area contributed by atoms with E-state index in [1.165, 1.54) is 11.1 Å². The van der Waals surface area contributed by atoms with Crippen LogP contribution in [-0.4, -0.2) is 22.5 Å². The fourth-order valence-electron chi connectivity index (χ4n) is 3.82. The Labute approximate surface area is 177 Å². The molecule has 2 unspecified atom stereocenters. The van der Waals surface area contributed by atoms with Gasteiger partial charge < -0.3 is 4.98 Å². The lowest BCUT2D eigenvalue weighted by Crippen LogP contribution is -2.35. The van der Waals surface area contributed by atoms with Crippen molar-refractivity contribution in [2.45, 2.75) is 19.9 Å². The highest BCUT2D eigenvalue weighted by Gasteiger charge is 2.53. The number of aromatic amines is 1. The molecule has 0 radical (unpaired) electrons. The summed E-state index contributed by atoms with van der Waals surface area (Å²) < 4.78 is 0. The summed E-state index contributed by atoms with van der Waals surface area (Å²) in [6.45, 7) is 3.37. The monoisotopic (exact) mass is 420 g/mol. The number of hydrogen-bond donors (Lipinski definition) is 1. The van der Waals surface area contributed by atoms with E-state index < -0.39 is 35.1 Å². The number of Topliss-reactive ketones (excluding diaryl/α,β-unsaturated/α-hetero) is 2. The number of anilines is 1. The zero-order chi connectivity index (χ0) is 21.4. The van der Waals surface area contributed by atoms with Gasteiger partial charge in [-0.25, -0.2) is 0 Å². The number of amides is 1. The molecule has 2 atom stereocenters. The van der Waals surface area contributed by atoms with E-state index in [9.17, 15) is 19.2 Å². The van der Waals surface area contributed by atoms with Crippen LogP contribution in [0.3, 0.4) is 0 Å². The van der Waals surface area contributed by atoms with E-state index in [1.54, 1.807) is 49.4 Å². The van der Waals surface area contributed by atoms with Gasteiger partial charge in [-0.15, -0.1) is 0 Å². The number of benzene rings is 1. The van der Waals surface area contributed by atoms with Crippen LogP contribution < -0.4 is 10.5 Å². The molecule has 1 aromatic carbocycles. The standard InChI is InChI=1S/C23H20N2O4S/c1-13(2)20(26)18-19(17-4-3-10-24-22(17)28)25(23(29)21(18)27)16-7-5-14(6-8-16)15-9-11-30-12-15/h3-13,18-19H,1-2H3,(H,24,28). The lowest BCUT2D eigenvalue weighted by atomic mass is 9.85. The molecule has 1 saturated heterocycles. The van der Waals surface area contributed by atoms with Gasteiger partial charge in [-0.05, 0) is 52.2 Å². The molecule has 3 aromatic rings. The van der Waals surface area contributed by atoms with Gasteiger partial charge in [-0.1, -0.05) is 26.0 Å². The molecule has 4 rings (SSSR count). The molecule has 6 nitrogen and oxygen atoms in total. The zero-order valence-corrected chi connectivity index (χ0v) is 17.3. The molecule has 1 fully saturated rings. The van der Waals surface area contributed by atoms with E-state index in [4.69, 9.17) is 0 Å². The second-order valence-electron chi connectivity index (χ2n) is 7.53. The maximum atomic E-state index is 13.0. The molecule has 0 bridgehead atoms. The summed E-state index contributed by atoms with van der Waals surface area (Å²) in [5.74, 6) is -3.55. The molecule has 0 aliphatic carbocycles. The third kappa shape index (κ3) is 3.31. The van der Waals surface area contributed by atoms with Crippen LogP contribution in [0.25, 0.3) is 11.1 Å². The number of ketones is 2. The fourth-order valence-corrected chi connectivity index (χ4v) is 4.49. The van der Waals surface area contributed by atoms with E-state index in [0.717, 1.165) is 11.1 Å². The number of H-pyrrole nitrogens is 1. The van der Waals surface area contributed by atoms with Crippen LogP contribution in [0.15, 0.2) is 64.2 Å². The van der Waals surface area contributed by atoms with Crippen molar-refractivity contribution in [2.75, 3.05) is 4.90 Å². The van der Waals surface area contributed by atoms with E-state index in [2.05, 4.69) is 4.98 Å². The van der Waals surface area contributed by atoms with Crippen LogP contribution in [0.5, 0.6) is 0 Å². The third-order valence-electron chi connectivity index (χ3n) is 5.35. The molecule has 3 heterocycles. The quantitative estimate of drug-likeness (QED) is 0.505. The normalized spacial score (nSPS) is 19.0. The minimum Gasteiger partial charge on any atom is -0.329 e. The topological polar surface area (TPSA) is 87.3 Å². The molecule has 0 saturated carbocycles. The van der Waals surface area contributed by atoms with Gasteiger partial charge in [0.25, 0.3) is 11.5 Å². The van der Waals surface area contributed by atoms with Crippen LogP contribution in [0, 0.1) is 11.8 Å². The molecular weight excluding hydrogens is 400 g/mol. The van der Waals surface area contributed by atoms with Crippen LogP contribution >= 0.6 is 11.3 Å². The first-order chi connectivity index (χ1) is 14.4. The first-order valence-corrected chi connectivity index (χ1v) is 10.6. The molecule has 30 heavy (non-hydrogen) atoms. The molecule has 152 valence electrons. The van der Waals surface area contributed by atoms with Crippen molar-refractivity contribution in [2.24, 2.45) is 11.8 Å². The van der Waals surface area contributed by atoms with Crippen LogP contribution in [-0.2, 0) is 14.4 Å². The number of rotatable bonds is 5. The first kappa shape index (κ1) is 20.0. The van der Waals surface area contributed by atoms with Crippen LogP contribution in [0.4, 0.5) is 5.69 Å². The number of aromatic nitrogens is 1. The Morgan fingerprint density at radius 1 is 1.03 bits per heavy atom. The highest BCUT2D eigenvalue weighted by molar-refractivity contribution is 7.08. The summed E-state index contributed by atoms with van der Waals surface area (Å²) in [5.41, 5.74) is 2.30. The van der Waals surface area contributed by atoms with Crippen LogP contribution in [0.1, 0.15) is 25.5 Å². The molecular formula is C23H20N2O4S. The Balaban J connectivity index is 1.83. The SMILES string of the molecule is CC(C)C(=O)C1C(=O)C(=O)N(c2ccc(-c3ccsc3)cc2)C1c1ccc[nH]c1=O. The third-order valence-corrected chi connectivity index (χ3v) is 6.03. The average molecular weight is 420 g/mol. The van der Waals surface area contributed by atoms with Crippen molar-refractivity contribution in [1.82, 2.24) is 4.98 Å². The molecule has 1 amide bonds. The zero-order valence-electron chi connectivity index (χ0n) is 16.5. The number of nitrogens with zero attached hydrogens (tertiary/aromatic N) is 1. The predicted molar refractivity (Wildman–Crippen MR) is 115 cm³/mol. The summed E-state index contributed by atoms with van der Waals surface area (Å²) in [6, 6.07) is 11.4. The molecule has 1 N–H and O–H groups in total. The van der Waals surface area contributed by atoms with Crippen molar-refractivity contribution in [3.63, 3.8) is 0 Å². The minimum atomic E-state index is -1.21. The van der Waals surface area contributed by atoms with Crippen LogP contribution in [0.2, 0.25) is 0 Å². The molecule has 1 aliphatic rings. The van der Waals surface area contributed by atoms with Crippen molar-refractivity contribution in [1.29, 1.82) is 0 Å². The van der Waals surface area contributed by atoms with E-state index in [-0.39, 0.29) is 11.3 Å². The Bertz CT molecular complexity index is 1160. The van der Waals surface area contributed by atoms with Gasteiger partial charge in [0.05, 0.1) is 6.04 Å². The molecule has 2 aromatic heterocycles. The van der Waals surface area contributed by atoms with Gasteiger partial charge in [0.2, 0.25) is 5.78 Å². The van der Waals surface area contributed by atoms with Gasteiger partial charge >= 0.3 is 0 Å². The summed E-state index contributed by atoms with van der Waals surface area (Å²) in [5, 5.41) is 3.99. The highest BCUT2D eigenvalue weighted by Crippen LogP contribution is 2.40. The van der Waals surface area contributed by atoms with Gasteiger partial charge in [-0.2, -0.15) is 11.3 Å². The smallest absolute Gasteiger partial charge is 0.295 e. The number of nitrogens with one attached hydrogen (secondary N) is 1. The summed E-state index contributed by atoms with van der Waals surface area (Å²) in [7, 11) is 0. The second kappa shape index (κ2) is 7.84. The number of thiophene rings is 1. The maximum absolute atomic E-state index is 13.0. The van der Waals surface area contributed by atoms with Gasteiger partial charge in [-0.3, -0.25) is 24.1 Å². The molecule has 0 spiro atoms. The largest absolute Gasteiger partial charge is 0.329 e. The molecule has 1 aliphatic heterocycles. The Morgan fingerprint density at radius 3 is 2.37 bits per heavy atom. The summed E-state index contributed by atoms with van der Waals surface area (Å²) in [6.07, 6.45) is 1.48. The van der Waals surface area contributed by atoms with Crippen molar-refractivity contribution < 1.29 is 14.4 Å². The van der Waals surface area contributed by atoms with E-state index in [0.29, 0.717) is 5.69 Å². The Kier molecular flexibility index (Phi) is 5.22. The van der Waals surface area contributed by atoms with E-state index >= 15 is 0 Å². The van der Waals surface area contributed by atoms with Gasteiger partial charge in [0.15, 0.2) is 0 Å². The Hall–Kier alpha value is -3.32. The van der Waals surface area contributed by atoms with Crippen molar-refractivity contribution in [3.05, 3.63) is 75.3 Å². The summed E-state index contributed by atoms with van der Waals surface area (Å²) >= 11 is 1.59. The van der Waals surface area contributed by atoms with E-state index in [1.807, 2.05) is 29.0 Å². The fraction of sp³-hybridized carbons (Fsp3) is 0.217. The number of pyridine rings is 1. The Morgan fingerprint density at radius 2 is 1.77 bits per heavy atom. The predicted octanol–water partition coefficient (Wildman–Crippen LogP) is 3.60. The van der Waals surface area contributed by atoms with Crippen molar-refractivity contribution >= 4 is 34.5 Å². The lowest BCUT2D eigenvalue weighted by Gasteiger charge is -2.27. The number of carbonyl (C=O) groups excluding carboxylic acids is 3. The molecule has 7 heteroatoms. The second-order valence-corrected chi connectivity index (χ2v) is 8.31. The van der Waals surface area contributed by atoms with Gasteiger partial charge in [0.1, 0.15) is 11.7 Å². The first-order valence-electron chi connectivity index (χ1n) is 9.61. The summed E-state index contributed by atoms with van der Waals surface area (Å²) in [4.78, 5) is 55.1. The minimum absolute atomic E-state index is 0.220. The highest BCUT2D eigenvalue weighted by atomic mass is 32.1. The van der Waals surface area contributed by atoms with Crippen molar-refractivity contribution in [3.8, 4) is 11.1 Å². The average Bonchev–Trinajstić information content (AvgIpc) is 3.36. The number of hydrogen-bond acceptors (Lipinski definition) is 5. The lowest BCUT2D eigenvalue weighted by molar-refractivity contribution is -0.139. The van der Waals surface area contributed by atoms with Gasteiger partial charge in [0, 0.05) is 23.4 Å². The maximum Gasteiger partial charge on any atom is 0.295 e. The number of carbonyl (C=O) groups is 3.